The number of carbonyl (C=O) groups excluding carboxylic acids is 1. The molecular weight excluding hydrogens is 290 g/mol. The van der Waals surface area contributed by atoms with E-state index in [1.54, 1.807) is 18.2 Å². The van der Waals surface area contributed by atoms with Crippen molar-refractivity contribution in [1.29, 1.82) is 5.26 Å². The number of hydrogen-bond acceptors (Lipinski definition) is 4. The van der Waals surface area contributed by atoms with E-state index < -0.39 is 0 Å². The molecule has 0 radical (unpaired) electrons. The first-order valence-corrected chi connectivity index (χ1v) is 7.27. The van der Waals surface area contributed by atoms with E-state index in [1.165, 1.54) is 0 Å². The highest BCUT2D eigenvalue weighted by molar-refractivity contribution is 6.32. The van der Waals surface area contributed by atoms with Crippen LogP contribution in [0.2, 0.25) is 5.02 Å². The van der Waals surface area contributed by atoms with Crippen LogP contribution < -0.4 is 5.32 Å². The lowest BCUT2D eigenvalue weighted by Crippen LogP contribution is -2.45. The molecule has 6 heteroatoms. The molecule has 1 amide bonds. The highest BCUT2D eigenvalue weighted by Crippen LogP contribution is 2.20. The zero-order valence-electron chi connectivity index (χ0n) is 11.8. The van der Waals surface area contributed by atoms with Gasteiger partial charge in [0.1, 0.15) is 6.07 Å². The average molecular weight is 308 g/mol. The molecule has 112 valence electrons. The van der Waals surface area contributed by atoms with E-state index in [9.17, 15) is 9.90 Å². The van der Waals surface area contributed by atoms with Crippen LogP contribution in [-0.2, 0) is 4.79 Å². The average Bonchev–Trinajstić information content (AvgIpc) is 2.43. The molecule has 2 unspecified atom stereocenters. The SMILES string of the molecule is CC1CN(CC(=O)Nc2ccc(C#N)c(Cl)c2)CCC1O. The first-order chi connectivity index (χ1) is 9.99. The molecule has 0 aromatic heterocycles. The lowest BCUT2D eigenvalue weighted by molar-refractivity contribution is -0.118. The second kappa shape index (κ2) is 6.90. The summed E-state index contributed by atoms with van der Waals surface area (Å²) >= 11 is 5.93. The van der Waals surface area contributed by atoms with Gasteiger partial charge in [-0.1, -0.05) is 18.5 Å². The van der Waals surface area contributed by atoms with Gasteiger partial charge in [0.15, 0.2) is 0 Å². The van der Waals surface area contributed by atoms with Crippen molar-refractivity contribution in [3.8, 4) is 6.07 Å². The van der Waals surface area contributed by atoms with E-state index in [4.69, 9.17) is 16.9 Å². The first kappa shape index (κ1) is 15.8. The standard InChI is InChI=1S/C15H18ClN3O2/c1-10-8-19(5-4-14(10)20)9-15(21)18-12-3-2-11(7-17)13(16)6-12/h2-3,6,10,14,20H,4-5,8-9H2,1H3,(H,18,21). The summed E-state index contributed by atoms with van der Waals surface area (Å²) in [5, 5.41) is 21.6. The third-order valence-electron chi connectivity index (χ3n) is 3.68. The maximum atomic E-state index is 12.0. The number of benzene rings is 1. The molecule has 1 aromatic carbocycles. The summed E-state index contributed by atoms with van der Waals surface area (Å²) in [5.74, 6) is 0.0512. The fourth-order valence-electron chi connectivity index (χ4n) is 2.45. The zero-order valence-corrected chi connectivity index (χ0v) is 12.6. The summed E-state index contributed by atoms with van der Waals surface area (Å²) in [5.41, 5.74) is 0.961. The monoisotopic (exact) mass is 307 g/mol. The van der Waals surface area contributed by atoms with Crippen LogP contribution in [0, 0.1) is 17.2 Å². The van der Waals surface area contributed by atoms with E-state index in [0.717, 1.165) is 0 Å². The Balaban J connectivity index is 1.90. The number of nitrogens with one attached hydrogen (secondary N) is 1. The van der Waals surface area contributed by atoms with Gasteiger partial charge in [-0.05, 0) is 30.5 Å². The number of likely N-dealkylation sites (tertiary alicyclic amines) is 1. The molecule has 0 saturated carbocycles. The highest BCUT2D eigenvalue weighted by atomic mass is 35.5. The number of anilines is 1. The molecule has 1 aliphatic heterocycles. The number of rotatable bonds is 3. The Morgan fingerprint density at radius 1 is 1.62 bits per heavy atom. The summed E-state index contributed by atoms with van der Waals surface area (Å²) < 4.78 is 0. The van der Waals surface area contributed by atoms with Crippen molar-refractivity contribution in [3.63, 3.8) is 0 Å². The van der Waals surface area contributed by atoms with E-state index in [0.29, 0.717) is 35.8 Å². The number of carbonyl (C=O) groups is 1. The largest absolute Gasteiger partial charge is 0.393 e. The molecule has 2 atom stereocenters. The second-order valence-corrected chi connectivity index (χ2v) is 5.83. The molecule has 2 N–H and O–H groups in total. The summed E-state index contributed by atoms with van der Waals surface area (Å²) in [6, 6.07) is 6.78. The molecule has 5 nitrogen and oxygen atoms in total. The number of hydrogen-bond donors (Lipinski definition) is 2. The molecule has 1 heterocycles. The van der Waals surface area contributed by atoms with Gasteiger partial charge in [-0.2, -0.15) is 5.26 Å². The van der Waals surface area contributed by atoms with Gasteiger partial charge in [-0.3, -0.25) is 9.69 Å². The van der Waals surface area contributed by atoms with Gasteiger partial charge in [0.25, 0.3) is 0 Å². The van der Waals surface area contributed by atoms with Gasteiger partial charge >= 0.3 is 0 Å². The molecule has 1 aliphatic rings. The van der Waals surface area contributed by atoms with Crippen molar-refractivity contribution >= 4 is 23.2 Å². The molecule has 1 saturated heterocycles. The van der Waals surface area contributed by atoms with E-state index in [1.807, 2.05) is 17.9 Å². The Morgan fingerprint density at radius 3 is 3.00 bits per heavy atom. The van der Waals surface area contributed by atoms with Gasteiger partial charge in [0, 0.05) is 18.8 Å². The molecule has 0 spiro atoms. The Hall–Kier alpha value is -1.61. The second-order valence-electron chi connectivity index (χ2n) is 5.42. The van der Waals surface area contributed by atoms with Crippen LogP contribution in [0.25, 0.3) is 0 Å². The van der Waals surface area contributed by atoms with E-state index in [2.05, 4.69) is 5.32 Å². The summed E-state index contributed by atoms with van der Waals surface area (Å²) in [6.45, 7) is 3.69. The normalized spacial score (nSPS) is 22.6. The summed E-state index contributed by atoms with van der Waals surface area (Å²) in [4.78, 5) is 14.0. The fraction of sp³-hybridized carbons (Fsp3) is 0.467. The lowest BCUT2D eigenvalue weighted by Gasteiger charge is -2.33. The minimum absolute atomic E-state index is 0.126. The van der Waals surface area contributed by atoms with Crippen molar-refractivity contribution in [2.24, 2.45) is 5.92 Å². The Kier molecular flexibility index (Phi) is 5.18. The Morgan fingerprint density at radius 2 is 2.38 bits per heavy atom. The zero-order chi connectivity index (χ0) is 15.4. The van der Waals surface area contributed by atoms with E-state index >= 15 is 0 Å². The van der Waals surface area contributed by atoms with Crippen LogP contribution in [0.15, 0.2) is 18.2 Å². The number of aliphatic hydroxyl groups is 1. The van der Waals surface area contributed by atoms with Crippen LogP contribution in [0.3, 0.4) is 0 Å². The van der Waals surface area contributed by atoms with Crippen LogP contribution in [0.4, 0.5) is 5.69 Å². The topological polar surface area (TPSA) is 76.4 Å². The third kappa shape index (κ3) is 4.18. The fourth-order valence-corrected chi connectivity index (χ4v) is 2.67. The Bertz CT molecular complexity index is 571. The van der Waals surface area contributed by atoms with Gasteiger partial charge in [0.05, 0.1) is 23.2 Å². The van der Waals surface area contributed by atoms with Gasteiger partial charge < -0.3 is 10.4 Å². The summed E-state index contributed by atoms with van der Waals surface area (Å²) in [7, 11) is 0. The number of nitrogens with zero attached hydrogens (tertiary/aromatic N) is 2. The van der Waals surface area contributed by atoms with Crippen molar-refractivity contribution in [2.75, 3.05) is 25.0 Å². The molecule has 0 aliphatic carbocycles. The lowest BCUT2D eigenvalue weighted by atomic mass is 9.97. The van der Waals surface area contributed by atoms with E-state index in [-0.39, 0.29) is 24.5 Å². The number of piperidine rings is 1. The number of nitriles is 1. The predicted octanol–water partition coefficient (Wildman–Crippen LogP) is 1.85. The molecule has 2 rings (SSSR count). The molecule has 21 heavy (non-hydrogen) atoms. The van der Waals surface area contributed by atoms with Crippen LogP contribution in [-0.4, -0.2) is 41.7 Å². The van der Waals surface area contributed by atoms with Crippen molar-refractivity contribution in [3.05, 3.63) is 28.8 Å². The maximum absolute atomic E-state index is 12.0. The maximum Gasteiger partial charge on any atom is 0.238 e. The quantitative estimate of drug-likeness (QED) is 0.893. The first-order valence-electron chi connectivity index (χ1n) is 6.89. The molecule has 1 fully saturated rings. The third-order valence-corrected chi connectivity index (χ3v) is 4.00. The molecular formula is C15H18ClN3O2. The van der Waals surface area contributed by atoms with Crippen molar-refractivity contribution in [1.82, 2.24) is 4.90 Å². The number of amides is 1. The van der Waals surface area contributed by atoms with Crippen molar-refractivity contribution < 1.29 is 9.90 Å². The Labute approximate surface area is 129 Å². The van der Waals surface area contributed by atoms with Gasteiger partial charge in [0.2, 0.25) is 5.91 Å². The number of halogens is 1. The number of aliphatic hydroxyl groups excluding tert-OH is 1. The molecule has 1 aromatic rings. The van der Waals surface area contributed by atoms with Crippen molar-refractivity contribution in [2.45, 2.75) is 19.4 Å². The van der Waals surface area contributed by atoms with Gasteiger partial charge in [-0.25, -0.2) is 0 Å². The molecule has 0 bridgehead atoms. The van der Waals surface area contributed by atoms with Gasteiger partial charge in [-0.15, -0.1) is 0 Å². The van der Waals surface area contributed by atoms with Crippen LogP contribution >= 0.6 is 11.6 Å². The predicted molar refractivity (Wildman–Crippen MR) is 81.0 cm³/mol. The van der Waals surface area contributed by atoms with Crippen LogP contribution in [0.1, 0.15) is 18.9 Å². The summed E-state index contributed by atoms with van der Waals surface area (Å²) in [6.07, 6.45) is 0.415. The smallest absolute Gasteiger partial charge is 0.238 e. The highest BCUT2D eigenvalue weighted by Gasteiger charge is 2.25. The minimum atomic E-state index is -0.276. The minimum Gasteiger partial charge on any atom is -0.393 e. The van der Waals surface area contributed by atoms with Crippen LogP contribution in [0.5, 0.6) is 0 Å².